The first kappa shape index (κ1) is 14.4. The van der Waals surface area contributed by atoms with Crippen LogP contribution in [0.25, 0.3) is 0 Å². The minimum atomic E-state index is 0.181. The van der Waals surface area contributed by atoms with Crippen molar-refractivity contribution in [3.05, 3.63) is 35.5 Å². The van der Waals surface area contributed by atoms with E-state index in [1.54, 1.807) is 4.68 Å². The number of nitrogens with two attached hydrogens (primary N) is 1. The molecule has 20 heavy (non-hydrogen) atoms. The predicted octanol–water partition coefficient (Wildman–Crippen LogP) is 3.79. The lowest BCUT2D eigenvalue weighted by Crippen LogP contribution is -2.14. The van der Waals surface area contributed by atoms with Gasteiger partial charge >= 0.3 is 0 Å². The molecule has 0 fully saturated rings. The SMILES string of the molecule is CCC(C)(C)c1ccc(Oc2c(N)c(C)nn2C)cc1. The van der Waals surface area contributed by atoms with E-state index < -0.39 is 0 Å². The molecule has 0 unspecified atom stereocenters. The first-order valence-corrected chi connectivity index (χ1v) is 6.92. The van der Waals surface area contributed by atoms with Crippen molar-refractivity contribution in [1.82, 2.24) is 9.78 Å². The van der Waals surface area contributed by atoms with E-state index in [0.717, 1.165) is 17.9 Å². The first-order chi connectivity index (χ1) is 9.35. The van der Waals surface area contributed by atoms with Crippen LogP contribution in [0, 0.1) is 6.92 Å². The minimum absolute atomic E-state index is 0.181. The Morgan fingerprint density at radius 1 is 1.25 bits per heavy atom. The quantitative estimate of drug-likeness (QED) is 0.922. The van der Waals surface area contributed by atoms with Gasteiger partial charge in [0, 0.05) is 7.05 Å². The van der Waals surface area contributed by atoms with Crippen molar-refractivity contribution < 1.29 is 4.74 Å². The lowest BCUT2D eigenvalue weighted by molar-refractivity contribution is 0.431. The largest absolute Gasteiger partial charge is 0.437 e. The summed E-state index contributed by atoms with van der Waals surface area (Å²) in [5.41, 5.74) is 8.82. The van der Waals surface area contributed by atoms with Crippen molar-refractivity contribution in [2.75, 3.05) is 5.73 Å². The standard InChI is InChI=1S/C16H23N3O/c1-6-16(3,4)12-7-9-13(10-8-12)20-15-14(17)11(2)18-19(15)5/h7-10H,6,17H2,1-5H3. The van der Waals surface area contributed by atoms with Gasteiger partial charge in [0.1, 0.15) is 11.4 Å². The first-order valence-electron chi connectivity index (χ1n) is 6.92. The lowest BCUT2D eigenvalue weighted by atomic mass is 9.82. The third kappa shape index (κ3) is 2.64. The normalized spacial score (nSPS) is 11.7. The lowest BCUT2D eigenvalue weighted by Gasteiger charge is -2.23. The van der Waals surface area contributed by atoms with Gasteiger partial charge in [-0.25, -0.2) is 4.68 Å². The molecule has 2 aromatic rings. The summed E-state index contributed by atoms with van der Waals surface area (Å²) in [4.78, 5) is 0. The number of benzene rings is 1. The van der Waals surface area contributed by atoms with E-state index in [1.807, 2.05) is 26.1 Å². The van der Waals surface area contributed by atoms with E-state index >= 15 is 0 Å². The summed E-state index contributed by atoms with van der Waals surface area (Å²) in [6, 6.07) is 8.18. The highest BCUT2D eigenvalue weighted by Crippen LogP contribution is 2.32. The third-order valence-corrected chi connectivity index (χ3v) is 3.95. The molecule has 2 N–H and O–H groups in total. The van der Waals surface area contributed by atoms with Crippen LogP contribution in [0.4, 0.5) is 5.69 Å². The molecule has 4 nitrogen and oxygen atoms in total. The monoisotopic (exact) mass is 273 g/mol. The predicted molar refractivity (Wildman–Crippen MR) is 82.2 cm³/mol. The second-order valence-corrected chi connectivity index (χ2v) is 5.79. The summed E-state index contributed by atoms with van der Waals surface area (Å²) in [6.45, 7) is 8.55. The Bertz CT molecular complexity index is 597. The molecule has 0 aliphatic heterocycles. The fourth-order valence-electron chi connectivity index (χ4n) is 2.06. The van der Waals surface area contributed by atoms with Gasteiger partial charge in [-0.3, -0.25) is 0 Å². The van der Waals surface area contributed by atoms with E-state index in [1.165, 1.54) is 5.56 Å². The van der Waals surface area contributed by atoms with Crippen LogP contribution in [0.5, 0.6) is 11.6 Å². The van der Waals surface area contributed by atoms with Gasteiger partial charge in [0.2, 0.25) is 5.88 Å². The average Bonchev–Trinajstić information content (AvgIpc) is 2.66. The Morgan fingerprint density at radius 2 is 1.85 bits per heavy atom. The Balaban J connectivity index is 2.23. The second kappa shape index (κ2) is 5.19. The Labute approximate surface area is 120 Å². The summed E-state index contributed by atoms with van der Waals surface area (Å²) in [5, 5.41) is 4.24. The third-order valence-electron chi connectivity index (χ3n) is 3.95. The number of hydrogen-bond acceptors (Lipinski definition) is 3. The summed E-state index contributed by atoms with van der Waals surface area (Å²) in [6.07, 6.45) is 1.10. The van der Waals surface area contributed by atoms with Crippen molar-refractivity contribution in [2.45, 2.75) is 39.5 Å². The van der Waals surface area contributed by atoms with Crippen LogP contribution in [-0.4, -0.2) is 9.78 Å². The van der Waals surface area contributed by atoms with E-state index in [2.05, 4.69) is 38.0 Å². The fraction of sp³-hybridized carbons (Fsp3) is 0.438. The molecule has 0 amide bonds. The molecule has 0 saturated heterocycles. The van der Waals surface area contributed by atoms with Crippen molar-refractivity contribution in [1.29, 1.82) is 0 Å². The number of rotatable bonds is 4. The van der Waals surface area contributed by atoms with Gasteiger partial charge in [0.15, 0.2) is 0 Å². The van der Waals surface area contributed by atoms with Crippen LogP contribution in [-0.2, 0) is 12.5 Å². The maximum absolute atomic E-state index is 5.96. The van der Waals surface area contributed by atoms with Gasteiger partial charge in [0.05, 0.1) is 5.69 Å². The van der Waals surface area contributed by atoms with Crippen molar-refractivity contribution >= 4 is 5.69 Å². The number of aromatic nitrogens is 2. The molecular formula is C16H23N3O. The van der Waals surface area contributed by atoms with E-state index in [9.17, 15) is 0 Å². The number of ether oxygens (including phenoxy) is 1. The molecule has 108 valence electrons. The van der Waals surface area contributed by atoms with Crippen LogP contribution < -0.4 is 10.5 Å². The highest BCUT2D eigenvalue weighted by Gasteiger charge is 2.18. The van der Waals surface area contributed by atoms with Gasteiger partial charge in [-0.15, -0.1) is 0 Å². The van der Waals surface area contributed by atoms with E-state index in [4.69, 9.17) is 10.5 Å². The van der Waals surface area contributed by atoms with Crippen molar-refractivity contribution in [3.63, 3.8) is 0 Å². The van der Waals surface area contributed by atoms with Crippen LogP contribution >= 0.6 is 0 Å². The zero-order valence-electron chi connectivity index (χ0n) is 12.9. The molecule has 0 aliphatic rings. The van der Waals surface area contributed by atoms with Crippen molar-refractivity contribution in [2.24, 2.45) is 7.05 Å². The highest BCUT2D eigenvalue weighted by atomic mass is 16.5. The number of nitrogens with zero attached hydrogens (tertiary/aromatic N) is 2. The molecule has 1 aromatic heterocycles. The Hall–Kier alpha value is -1.97. The summed E-state index contributed by atoms with van der Waals surface area (Å²) in [5.74, 6) is 1.36. The van der Waals surface area contributed by atoms with Gasteiger partial charge in [0.25, 0.3) is 0 Å². The van der Waals surface area contributed by atoms with Crippen LogP contribution in [0.15, 0.2) is 24.3 Å². The molecule has 4 heteroatoms. The molecule has 0 bridgehead atoms. The van der Waals surface area contributed by atoms with Crippen LogP contribution in [0.3, 0.4) is 0 Å². The Kier molecular flexibility index (Phi) is 3.75. The topological polar surface area (TPSA) is 53.1 Å². The number of nitrogen functional groups attached to an aromatic ring is 1. The zero-order chi connectivity index (χ0) is 14.9. The molecule has 0 saturated carbocycles. The molecule has 0 atom stereocenters. The second-order valence-electron chi connectivity index (χ2n) is 5.79. The fourth-order valence-corrected chi connectivity index (χ4v) is 2.06. The number of hydrogen-bond donors (Lipinski definition) is 1. The molecule has 1 heterocycles. The maximum atomic E-state index is 5.96. The molecular weight excluding hydrogens is 250 g/mol. The average molecular weight is 273 g/mol. The number of aryl methyl sites for hydroxylation is 2. The molecule has 0 spiro atoms. The highest BCUT2D eigenvalue weighted by molar-refractivity contribution is 5.53. The van der Waals surface area contributed by atoms with Crippen LogP contribution in [0.2, 0.25) is 0 Å². The smallest absolute Gasteiger partial charge is 0.241 e. The summed E-state index contributed by atoms with van der Waals surface area (Å²) >= 11 is 0. The summed E-state index contributed by atoms with van der Waals surface area (Å²) in [7, 11) is 1.83. The van der Waals surface area contributed by atoms with E-state index in [0.29, 0.717) is 11.6 Å². The van der Waals surface area contributed by atoms with Crippen molar-refractivity contribution in [3.8, 4) is 11.6 Å². The van der Waals surface area contributed by atoms with Crippen LogP contribution in [0.1, 0.15) is 38.4 Å². The van der Waals surface area contributed by atoms with Gasteiger partial charge in [-0.2, -0.15) is 5.10 Å². The number of anilines is 1. The molecule has 0 radical (unpaired) electrons. The maximum Gasteiger partial charge on any atom is 0.241 e. The molecule has 0 aliphatic carbocycles. The molecule has 1 aromatic carbocycles. The van der Waals surface area contributed by atoms with Gasteiger partial charge in [-0.05, 0) is 36.5 Å². The van der Waals surface area contributed by atoms with Gasteiger partial charge < -0.3 is 10.5 Å². The van der Waals surface area contributed by atoms with Gasteiger partial charge in [-0.1, -0.05) is 32.9 Å². The Morgan fingerprint density at radius 3 is 2.30 bits per heavy atom. The molecule has 2 rings (SSSR count). The van der Waals surface area contributed by atoms with E-state index in [-0.39, 0.29) is 5.41 Å². The summed E-state index contributed by atoms with van der Waals surface area (Å²) < 4.78 is 7.50. The minimum Gasteiger partial charge on any atom is -0.437 e. The zero-order valence-corrected chi connectivity index (χ0v) is 12.9.